The maximum absolute atomic E-state index is 11.9. The molecule has 0 bridgehead atoms. The van der Waals surface area contributed by atoms with Gasteiger partial charge < -0.3 is 10.0 Å². The van der Waals surface area contributed by atoms with Crippen LogP contribution in [0, 0.1) is 0 Å². The number of piperidine rings is 1. The number of benzene rings is 1. The quantitative estimate of drug-likeness (QED) is 0.853. The summed E-state index contributed by atoms with van der Waals surface area (Å²) in [6, 6.07) is 5.19. The first kappa shape index (κ1) is 14.4. The summed E-state index contributed by atoms with van der Waals surface area (Å²) >= 11 is 11.7. The lowest BCUT2D eigenvalue weighted by Gasteiger charge is -2.29. The van der Waals surface area contributed by atoms with Gasteiger partial charge in [0.05, 0.1) is 16.1 Å². The smallest absolute Gasteiger partial charge is 0.246 e. The maximum Gasteiger partial charge on any atom is 0.246 e. The summed E-state index contributed by atoms with van der Waals surface area (Å²) in [4.78, 5) is 13.6. The van der Waals surface area contributed by atoms with Crippen molar-refractivity contribution in [1.82, 2.24) is 4.90 Å². The van der Waals surface area contributed by atoms with Crippen LogP contribution in [0.2, 0.25) is 10.0 Å². The Labute approximate surface area is 122 Å². The number of β-amino-alcohol motifs (C(OH)–C–C–N with tert-alkyl or cyclic N) is 1. The van der Waals surface area contributed by atoms with Crippen molar-refractivity contribution < 1.29 is 9.90 Å². The first-order valence-electron chi connectivity index (χ1n) is 6.16. The zero-order valence-corrected chi connectivity index (χ0v) is 11.9. The molecule has 1 heterocycles. The van der Waals surface area contributed by atoms with Crippen molar-refractivity contribution in [3.05, 3.63) is 39.9 Å². The van der Waals surface area contributed by atoms with E-state index in [-0.39, 0.29) is 5.91 Å². The lowest BCUT2D eigenvalue weighted by atomic mass is 10.1. The predicted molar refractivity (Wildman–Crippen MR) is 77.3 cm³/mol. The molecule has 19 heavy (non-hydrogen) atoms. The minimum absolute atomic E-state index is 0.0928. The Morgan fingerprint density at radius 2 is 2.16 bits per heavy atom. The fraction of sp³-hybridized carbons (Fsp3) is 0.357. The summed E-state index contributed by atoms with van der Waals surface area (Å²) in [5.74, 6) is -0.0928. The van der Waals surface area contributed by atoms with Gasteiger partial charge in [-0.05, 0) is 36.6 Å². The number of aliphatic hydroxyl groups excluding tert-OH is 1. The number of aliphatic hydroxyl groups is 1. The van der Waals surface area contributed by atoms with Gasteiger partial charge in [-0.2, -0.15) is 0 Å². The summed E-state index contributed by atoms with van der Waals surface area (Å²) in [5.41, 5.74) is 0.820. The number of halogens is 2. The van der Waals surface area contributed by atoms with Crippen LogP contribution in [0.25, 0.3) is 6.08 Å². The zero-order valence-electron chi connectivity index (χ0n) is 10.4. The normalized spacial score (nSPS) is 19.9. The lowest BCUT2D eigenvalue weighted by Crippen LogP contribution is -2.41. The molecule has 0 aliphatic carbocycles. The highest BCUT2D eigenvalue weighted by molar-refractivity contribution is 6.42. The van der Waals surface area contributed by atoms with Crippen LogP contribution < -0.4 is 0 Å². The van der Waals surface area contributed by atoms with E-state index in [9.17, 15) is 9.90 Å². The van der Waals surface area contributed by atoms with Crippen LogP contribution in [0.5, 0.6) is 0 Å². The van der Waals surface area contributed by atoms with Crippen molar-refractivity contribution in [2.75, 3.05) is 13.1 Å². The van der Waals surface area contributed by atoms with Crippen LogP contribution in [0.3, 0.4) is 0 Å². The molecule has 1 fully saturated rings. The average Bonchev–Trinajstić information content (AvgIpc) is 2.40. The fourth-order valence-corrected chi connectivity index (χ4v) is 2.35. The van der Waals surface area contributed by atoms with Crippen molar-refractivity contribution in [2.24, 2.45) is 0 Å². The van der Waals surface area contributed by atoms with Gasteiger partial charge in [0, 0.05) is 19.2 Å². The molecule has 1 amide bonds. The van der Waals surface area contributed by atoms with Crippen molar-refractivity contribution >= 4 is 35.2 Å². The summed E-state index contributed by atoms with van der Waals surface area (Å²) in [6.45, 7) is 1.10. The van der Waals surface area contributed by atoms with Gasteiger partial charge in [-0.1, -0.05) is 29.3 Å². The summed E-state index contributed by atoms with van der Waals surface area (Å²) < 4.78 is 0. The predicted octanol–water partition coefficient (Wildman–Crippen LogP) is 2.99. The lowest BCUT2D eigenvalue weighted by molar-refractivity contribution is -0.128. The molecule has 1 saturated heterocycles. The molecule has 0 unspecified atom stereocenters. The van der Waals surface area contributed by atoms with Gasteiger partial charge in [0.15, 0.2) is 0 Å². The molecule has 1 aromatic carbocycles. The van der Waals surface area contributed by atoms with Crippen LogP contribution >= 0.6 is 23.2 Å². The monoisotopic (exact) mass is 299 g/mol. The van der Waals surface area contributed by atoms with Gasteiger partial charge in [-0.3, -0.25) is 4.79 Å². The minimum atomic E-state index is -0.406. The van der Waals surface area contributed by atoms with Crippen molar-refractivity contribution in [3.8, 4) is 0 Å². The van der Waals surface area contributed by atoms with Crippen LogP contribution in [0.4, 0.5) is 0 Å². The van der Waals surface area contributed by atoms with Crippen molar-refractivity contribution in [1.29, 1.82) is 0 Å². The topological polar surface area (TPSA) is 40.5 Å². The van der Waals surface area contributed by atoms with Crippen LogP contribution in [0.1, 0.15) is 18.4 Å². The Morgan fingerprint density at radius 3 is 2.84 bits per heavy atom. The molecule has 5 heteroatoms. The molecule has 2 rings (SSSR count). The highest BCUT2D eigenvalue weighted by Gasteiger charge is 2.20. The number of nitrogens with zero attached hydrogens (tertiary/aromatic N) is 1. The molecule has 1 atom stereocenters. The number of likely N-dealkylation sites (tertiary alicyclic amines) is 1. The maximum atomic E-state index is 11.9. The van der Waals surface area contributed by atoms with Crippen molar-refractivity contribution in [3.63, 3.8) is 0 Å². The van der Waals surface area contributed by atoms with Gasteiger partial charge in [0.2, 0.25) is 5.91 Å². The first-order chi connectivity index (χ1) is 9.06. The standard InChI is InChI=1S/C14H15Cl2NO2/c15-12-5-3-10(8-13(12)16)4-6-14(19)17-7-1-2-11(18)9-17/h3-6,8,11,18H,1-2,7,9H2/t11-/m0/s1. The van der Waals surface area contributed by atoms with Crippen LogP contribution in [0.15, 0.2) is 24.3 Å². The zero-order chi connectivity index (χ0) is 13.8. The van der Waals surface area contributed by atoms with E-state index >= 15 is 0 Å². The number of hydrogen-bond acceptors (Lipinski definition) is 2. The summed E-state index contributed by atoms with van der Waals surface area (Å²) in [6.07, 6.45) is 4.40. The van der Waals surface area contributed by atoms with Crippen LogP contribution in [-0.4, -0.2) is 35.1 Å². The Hall–Kier alpha value is -1.03. The molecule has 0 aromatic heterocycles. The molecule has 0 saturated carbocycles. The van der Waals surface area contributed by atoms with Crippen LogP contribution in [-0.2, 0) is 4.79 Å². The number of amides is 1. The third-order valence-corrected chi connectivity index (χ3v) is 3.81. The Balaban J connectivity index is 2.01. The van der Waals surface area contributed by atoms with Gasteiger partial charge in [-0.15, -0.1) is 0 Å². The Bertz CT molecular complexity index is 502. The molecule has 1 aliphatic heterocycles. The molecule has 1 N–H and O–H groups in total. The second-order valence-electron chi connectivity index (χ2n) is 4.59. The number of rotatable bonds is 2. The van der Waals surface area contributed by atoms with E-state index in [0.29, 0.717) is 23.1 Å². The van der Waals surface area contributed by atoms with E-state index < -0.39 is 6.10 Å². The number of carbonyl (C=O) groups is 1. The van der Waals surface area contributed by atoms with Crippen molar-refractivity contribution in [2.45, 2.75) is 18.9 Å². The molecule has 1 aromatic rings. The molecular formula is C14H15Cl2NO2. The second-order valence-corrected chi connectivity index (χ2v) is 5.40. The summed E-state index contributed by atoms with van der Waals surface area (Å²) in [7, 11) is 0. The van der Waals surface area contributed by atoms with Gasteiger partial charge in [0.25, 0.3) is 0 Å². The molecule has 0 spiro atoms. The van der Waals surface area contributed by atoms with E-state index in [1.54, 1.807) is 29.2 Å². The third kappa shape index (κ3) is 3.96. The Kier molecular flexibility index (Phi) is 4.86. The Morgan fingerprint density at radius 1 is 1.37 bits per heavy atom. The first-order valence-corrected chi connectivity index (χ1v) is 6.92. The average molecular weight is 300 g/mol. The van der Waals surface area contributed by atoms with E-state index in [0.717, 1.165) is 18.4 Å². The highest BCUT2D eigenvalue weighted by atomic mass is 35.5. The van der Waals surface area contributed by atoms with E-state index in [2.05, 4.69) is 0 Å². The van der Waals surface area contributed by atoms with Gasteiger partial charge in [-0.25, -0.2) is 0 Å². The fourth-order valence-electron chi connectivity index (χ4n) is 2.04. The molecule has 0 radical (unpaired) electrons. The van der Waals surface area contributed by atoms with Gasteiger partial charge >= 0.3 is 0 Å². The molecule has 3 nitrogen and oxygen atoms in total. The van der Waals surface area contributed by atoms with Gasteiger partial charge in [0.1, 0.15) is 0 Å². The SMILES string of the molecule is O=C(C=Cc1ccc(Cl)c(Cl)c1)N1CCC[C@H](O)C1. The largest absolute Gasteiger partial charge is 0.391 e. The second kappa shape index (κ2) is 6.42. The summed E-state index contributed by atoms with van der Waals surface area (Å²) in [5, 5.41) is 10.5. The van der Waals surface area contributed by atoms with E-state index in [4.69, 9.17) is 23.2 Å². The van der Waals surface area contributed by atoms with E-state index in [1.807, 2.05) is 0 Å². The third-order valence-electron chi connectivity index (χ3n) is 3.07. The number of carbonyl (C=O) groups excluding carboxylic acids is 1. The molecule has 1 aliphatic rings. The molecule has 102 valence electrons. The molecular weight excluding hydrogens is 285 g/mol. The number of hydrogen-bond donors (Lipinski definition) is 1. The minimum Gasteiger partial charge on any atom is -0.391 e. The highest BCUT2D eigenvalue weighted by Crippen LogP contribution is 2.23. The van der Waals surface area contributed by atoms with E-state index in [1.165, 1.54) is 6.08 Å².